The highest BCUT2D eigenvalue weighted by molar-refractivity contribution is 7.09. The Hall–Kier alpha value is -3.17. The van der Waals surface area contributed by atoms with Crippen LogP contribution in [-0.2, 0) is 6.54 Å². The van der Waals surface area contributed by atoms with Crippen molar-refractivity contribution < 1.29 is 4.79 Å². The zero-order chi connectivity index (χ0) is 17.2. The number of fused-ring (bicyclic) bond motifs is 1. The SMILES string of the molecule is N#Cc1cccc(NC2c3ncccc3C(=O)N2Cc2cccs2)c1. The molecule has 1 unspecified atom stereocenters. The molecule has 0 saturated heterocycles. The largest absolute Gasteiger partial charge is 0.360 e. The number of benzene rings is 1. The minimum atomic E-state index is -0.361. The van der Waals surface area contributed by atoms with Gasteiger partial charge >= 0.3 is 0 Å². The third kappa shape index (κ3) is 2.86. The molecule has 5 nitrogen and oxygen atoms in total. The predicted molar refractivity (Wildman–Crippen MR) is 96.0 cm³/mol. The van der Waals surface area contributed by atoms with Gasteiger partial charge in [-0.3, -0.25) is 9.78 Å². The lowest BCUT2D eigenvalue weighted by atomic mass is 10.2. The van der Waals surface area contributed by atoms with Gasteiger partial charge in [0, 0.05) is 16.8 Å². The average molecular weight is 346 g/mol. The fraction of sp³-hybridized carbons (Fsp3) is 0.105. The van der Waals surface area contributed by atoms with Crippen LogP contribution in [0.3, 0.4) is 0 Å². The molecule has 25 heavy (non-hydrogen) atoms. The molecule has 1 amide bonds. The van der Waals surface area contributed by atoms with Crippen LogP contribution in [0.15, 0.2) is 60.1 Å². The Morgan fingerprint density at radius 3 is 2.96 bits per heavy atom. The van der Waals surface area contributed by atoms with Crippen LogP contribution in [0.25, 0.3) is 0 Å². The van der Waals surface area contributed by atoms with Crippen LogP contribution >= 0.6 is 11.3 Å². The maximum absolute atomic E-state index is 12.8. The van der Waals surface area contributed by atoms with Gasteiger partial charge in [0.25, 0.3) is 5.91 Å². The van der Waals surface area contributed by atoms with Gasteiger partial charge in [0.1, 0.15) is 6.17 Å². The van der Waals surface area contributed by atoms with Crippen molar-refractivity contribution in [1.29, 1.82) is 5.26 Å². The van der Waals surface area contributed by atoms with Gasteiger partial charge < -0.3 is 10.2 Å². The second kappa shape index (κ2) is 6.38. The van der Waals surface area contributed by atoms with Gasteiger partial charge in [0.05, 0.1) is 29.4 Å². The lowest BCUT2D eigenvalue weighted by Gasteiger charge is -2.26. The van der Waals surface area contributed by atoms with Gasteiger partial charge in [-0.05, 0) is 41.8 Å². The summed E-state index contributed by atoms with van der Waals surface area (Å²) in [6.45, 7) is 0.516. The number of nitrogens with one attached hydrogen (secondary N) is 1. The summed E-state index contributed by atoms with van der Waals surface area (Å²) < 4.78 is 0. The van der Waals surface area contributed by atoms with Gasteiger partial charge in [-0.2, -0.15) is 5.26 Å². The number of carbonyl (C=O) groups excluding carboxylic acids is 1. The molecule has 1 aliphatic rings. The van der Waals surface area contributed by atoms with Gasteiger partial charge in [0.2, 0.25) is 0 Å². The topological polar surface area (TPSA) is 69.0 Å². The molecule has 122 valence electrons. The van der Waals surface area contributed by atoms with E-state index in [-0.39, 0.29) is 12.1 Å². The molecule has 1 aliphatic heterocycles. The lowest BCUT2D eigenvalue weighted by Crippen LogP contribution is -2.31. The highest BCUT2D eigenvalue weighted by Gasteiger charge is 2.38. The zero-order valence-corrected chi connectivity index (χ0v) is 14.0. The van der Waals surface area contributed by atoms with E-state index in [1.54, 1.807) is 46.7 Å². The molecule has 1 N–H and O–H groups in total. The first kappa shape index (κ1) is 15.4. The van der Waals surface area contributed by atoms with Crippen molar-refractivity contribution in [2.75, 3.05) is 5.32 Å². The van der Waals surface area contributed by atoms with Crippen molar-refractivity contribution in [2.45, 2.75) is 12.7 Å². The highest BCUT2D eigenvalue weighted by atomic mass is 32.1. The standard InChI is InChI=1S/C19H14N4OS/c20-11-13-4-1-5-14(10-13)22-18-17-16(7-2-8-21-17)19(24)23(18)12-15-6-3-9-25-15/h1-10,18,22H,12H2. The maximum atomic E-state index is 12.8. The van der Waals surface area contributed by atoms with E-state index in [9.17, 15) is 4.79 Å². The second-order valence-electron chi connectivity index (χ2n) is 5.69. The van der Waals surface area contributed by atoms with E-state index in [0.717, 1.165) is 10.6 Å². The van der Waals surface area contributed by atoms with E-state index in [4.69, 9.17) is 5.26 Å². The summed E-state index contributed by atoms with van der Waals surface area (Å²) in [6, 6.07) is 16.9. The van der Waals surface area contributed by atoms with Crippen LogP contribution in [0.2, 0.25) is 0 Å². The third-order valence-corrected chi connectivity index (χ3v) is 4.96. The Morgan fingerprint density at radius 1 is 1.24 bits per heavy atom. The minimum Gasteiger partial charge on any atom is -0.360 e. The van der Waals surface area contributed by atoms with Crippen molar-refractivity contribution in [3.63, 3.8) is 0 Å². The zero-order valence-electron chi connectivity index (χ0n) is 13.2. The van der Waals surface area contributed by atoms with E-state index < -0.39 is 0 Å². The number of thiophene rings is 1. The van der Waals surface area contributed by atoms with Crippen molar-refractivity contribution in [3.8, 4) is 6.07 Å². The summed E-state index contributed by atoms with van der Waals surface area (Å²) in [5.41, 5.74) is 2.69. The Morgan fingerprint density at radius 2 is 2.16 bits per heavy atom. The fourth-order valence-electron chi connectivity index (χ4n) is 2.95. The Kier molecular flexibility index (Phi) is 3.92. The summed E-state index contributed by atoms with van der Waals surface area (Å²) in [6.07, 6.45) is 1.33. The molecule has 3 heterocycles. The molecule has 0 aliphatic carbocycles. The molecular formula is C19H14N4OS. The number of hydrogen-bond donors (Lipinski definition) is 1. The third-order valence-electron chi connectivity index (χ3n) is 4.10. The first-order valence-electron chi connectivity index (χ1n) is 7.81. The maximum Gasteiger partial charge on any atom is 0.258 e. The average Bonchev–Trinajstić information content (AvgIpc) is 3.25. The Bertz CT molecular complexity index is 962. The number of amides is 1. The van der Waals surface area contributed by atoms with Crippen LogP contribution in [0.4, 0.5) is 5.69 Å². The van der Waals surface area contributed by atoms with E-state index in [2.05, 4.69) is 16.4 Å². The van der Waals surface area contributed by atoms with Crippen molar-refractivity contribution in [1.82, 2.24) is 9.88 Å². The number of pyridine rings is 1. The van der Waals surface area contributed by atoms with Crippen LogP contribution in [-0.4, -0.2) is 15.8 Å². The Balaban J connectivity index is 1.70. The lowest BCUT2D eigenvalue weighted by molar-refractivity contribution is 0.0729. The van der Waals surface area contributed by atoms with Crippen molar-refractivity contribution in [2.24, 2.45) is 0 Å². The number of rotatable bonds is 4. The molecule has 0 bridgehead atoms. The predicted octanol–water partition coefficient (Wildman–Crippen LogP) is 3.78. The molecule has 6 heteroatoms. The van der Waals surface area contributed by atoms with E-state index in [0.29, 0.717) is 23.4 Å². The summed E-state index contributed by atoms with van der Waals surface area (Å²) >= 11 is 1.62. The first-order chi connectivity index (χ1) is 12.3. The minimum absolute atomic E-state index is 0.0366. The number of carbonyl (C=O) groups is 1. The normalized spacial score (nSPS) is 15.7. The number of hydrogen-bond acceptors (Lipinski definition) is 5. The number of nitrogens with zero attached hydrogens (tertiary/aromatic N) is 3. The molecule has 2 aromatic heterocycles. The monoisotopic (exact) mass is 346 g/mol. The smallest absolute Gasteiger partial charge is 0.258 e. The van der Waals surface area contributed by atoms with E-state index >= 15 is 0 Å². The summed E-state index contributed by atoms with van der Waals surface area (Å²) in [7, 11) is 0. The van der Waals surface area contributed by atoms with Crippen molar-refractivity contribution in [3.05, 3.63) is 81.8 Å². The van der Waals surface area contributed by atoms with E-state index in [1.807, 2.05) is 29.6 Å². The number of aromatic nitrogens is 1. The quantitative estimate of drug-likeness (QED) is 0.780. The molecule has 3 aromatic rings. The van der Waals surface area contributed by atoms with Crippen LogP contribution in [0.1, 0.15) is 32.7 Å². The van der Waals surface area contributed by atoms with Gasteiger partial charge in [-0.25, -0.2) is 0 Å². The van der Waals surface area contributed by atoms with Crippen LogP contribution in [0.5, 0.6) is 0 Å². The van der Waals surface area contributed by atoms with Crippen LogP contribution in [0, 0.1) is 11.3 Å². The van der Waals surface area contributed by atoms with Gasteiger partial charge in [0.15, 0.2) is 0 Å². The molecule has 0 spiro atoms. The fourth-order valence-corrected chi connectivity index (χ4v) is 3.65. The summed E-state index contributed by atoms with van der Waals surface area (Å²) in [4.78, 5) is 20.2. The molecule has 0 fully saturated rings. The van der Waals surface area contributed by atoms with E-state index in [1.165, 1.54) is 0 Å². The molecule has 1 atom stereocenters. The Labute approximate surface area is 149 Å². The summed E-state index contributed by atoms with van der Waals surface area (Å²) in [5.74, 6) is -0.0366. The number of nitriles is 1. The molecule has 0 saturated carbocycles. The molecule has 1 aromatic carbocycles. The molecule has 0 radical (unpaired) electrons. The second-order valence-corrected chi connectivity index (χ2v) is 6.72. The molecular weight excluding hydrogens is 332 g/mol. The molecule has 4 rings (SSSR count). The number of anilines is 1. The van der Waals surface area contributed by atoms with Crippen LogP contribution < -0.4 is 5.32 Å². The van der Waals surface area contributed by atoms with Gasteiger partial charge in [-0.15, -0.1) is 11.3 Å². The first-order valence-corrected chi connectivity index (χ1v) is 8.69. The van der Waals surface area contributed by atoms with Crippen molar-refractivity contribution >= 4 is 22.9 Å². The highest BCUT2D eigenvalue weighted by Crippen LogP contribution is 2.34. The summed E-state index contributed by atoms with van der Waals surface area (Å²) in [5, 5.41) is 14.5. The van der Waals surface area contributed by atoms with Gasteiger partial charge in [-0.1, -0.05) is 12.1 Å².